The van der Waals surface area contributed by atoms with E-state index in [4.69, 9.17) is 10.5 Å². The van der Waals surface area contributed by atoms with E-state index >= 15 is 0 Å². The van der Waals surface area contributed by atoms with Gasteiger partial charge in [-0.15, -0.1) is 11.3 Å². The summed E-state index contributed by atoms with van der Waals surface area (Å²) >= 11 is 1.47. The van der Waals surface area contributed by atoms with Gasteiger partial charge >= 0.3 is 0 Å². The van der Waals surface area contributed by atoms with Gasteiger partial charge in [0.15, 0.2) is 11.7 Å². The first-order chi connectivity index (χ1) is 12.4. The van der Waals surface area contributed by atoms with Crippen molar-refractivity contribution in [3.05, 3.63) is 58.5 Å². The van der Waals surface area contributed by atoms with Gasteiger partial charge in [0.25, 0.3) is 5.91 Å². The molecule has 26 heavy (non-hydrogen) atoms. The molecule has 1 amide bonds. The van der Waals surface area contributed by atoms with Crippen molar-refractivity contribution in [2.45, 2.75) is 20.8 Å². The average Bonchev–Trinajstić information content (AvgIpc) is 2.96. The van der Waals surface area contributed by atoms with Gasteiger partial charge in [0.2, 0.25) is 0 Å². The number of nitrogen functional groups attached to an aromatic ring is 1. The maximum absolute atomic E-state index is 12.1. The van der Waals surface area contributed by atoms with Crippen LogP contribution in [0.25, 0.3) is 11.3 Å². The van der Waals surface area contributed by atoms with Crippen LogP contribution >= 0.6 is 11.3 Å². The second-order valence-corrected chi connectivity index (χ2v) is 7.30. The van der Waals surface area contributed by atoms with Crippen molar-refractivity contribution in [2.75, 3.05) is 17.7 Å². The quantitative estimate of drug-likeness (QED) is 0.703. The summed E-state index contributed by atoms with van der Waals surface area (Å²) in [5.74, 6) is 0.441. The molecule has 0 radical (unpaired) electrons. The maximum atomic E-state index is 12.1. The topological polar surface area (TPSA) is 77.2 Å². The number of hydrogen-bond acceptors (Lipinski definition) is 5. The lowest BCUT2D eigenvalue weighted by molar-refractivity contribution is -0.118. The van der Waals surface area contributed by atoms with E-state index in [1.165, 1.54) is 11.3 Å². The third kappa shape index (κ3) is 4.03. The molecule has 1 aromatic heterocycles. The van der Waals surface area contributed by atoms with E-state index < -0.39 is 0 Å². The zero-order chi connectivity index (χ0) is 18.7. The van der Waals surface area contributed by atoms with Crippen molar-refractivity contribution in [2.24, 2.45) is 0 Å². The first-order valence-corrected chi connectivity index (χ1v) is 9.08. The highest BCUT2D eigenvalue weighted by molar-refractivity contribution is 7.15. The molecule has 1 heterocycles. The summed E-state index contributed by atoms with van der Waals surface area (Å²) in [5, 5.41) is 3.44. The van der Waals surface area contributed by atoms with Crippen LogP contribution in [-0.4, -0.2) is 17.5 Å². The van der Waals surface area contributed by atoms with Crippen LogP contribution in [0, 0.1) is 20.8 Å². The van der Waals surface area contributed by atoms with Crippen LogP contribution in [0.15, 0.2) is 42.5 Å². The van der Waals surface area contributed by atoms with Gasteiger partial charge in [0, 0.05) is 16.1 Å². The number of ether oxygens (including phenoxy) is 1. The minimum absolute atomic E-state index is 0.0462. The van der Waals surface area contributed by atoms with Crippen LogP contribution in [0.1, 0.15) is 16.0 Å². The van der Waals surface area contributed by atoms with Gasteiger partial charge in [-0.05, 0) is 62.2 Å². The van der Waals surface area contributed by atoms with Gasteiger partial charge < -0.3 is 15.8 Å². The number of benzene rings is 2. The Morgan fingerprint density at radius 2 is 1.88 bits per heavy atom. The molecule has 5 nitrogen and oxygen atoms in total. The van der Waals surface area contributed by atoms with Gasteiger partial charge in [-0.3, -0.25) is 4.79 Å². The van der Waals surface area contributed by atoms with Crippen LogP contribution in [0.2, 0.25) is 0 Å². The molecule has 2 aromatic carbocycles. The molecule has 0 fully saturated rings. The smallest absolute Gasteiger partial charge is 0.262 e. The number of thiazole rings is 1. The number of carbonyl (C=O) groups excluding carboxylic acids is 1. The molecule has 134 valence electrons. The predicted molar refractivity (Wildman–Crippen MR) is 107 cm³/mol. The van der Waals surface area contributed by atoms with E-state index in [9.17, 15) is 4.79 Å². The van der Waals surface area contributed by atoms with E-state index in [1.54, 1.807) is 0 Å². The van der Waals surface area contributed by atoms with Crippen LogP contribution in [0.5, 0.6) is 5.75 Å². The SMILES string of the molecule is Cc1cccc(NC(=O)COc2ccc(-c3nc(N)sc3C)cc2)c1C. The average molecular weight is 367 g/mol. The van der Waals surface area contributed by atoms with Gasteiger partial charge in [-0.1, -0.05) is 12.1 Å². The summed E-state index contributed by atoms with van der Waals surface area (Å²) in [6, 6.07) is 13.3. The number of aromatic nitrogens is 1. The highest BCUT2D eigenvalue weighted by Crippen LogP contribution is 2.29. The number of aryl methyl sites for hydroxylation is 2. The van der Waals surface area contributed by atoms with Gasteiger partial charge in [-0.25, -0.2) is 4.98 Å². The number of anilines is 2. The summed E-state index contributed by atoms with van der Waals surface area (Å²) in [5.41, 5.74) is 10.6. The minimum atomic E-state index is -0.189. The monoisotopic (exact) mass is 367 g/mol. The molecule has 3 aromatic rings. The molecule has 0 aliphatic carbocycles. The Morgan fingerprint density at radius 1 is 1.15 bits per heavy atom. The molecule has 0 saturated heterocycles. The lowest BCUT2D eigenvalue weighted by Gasteiger charge is -2.11. The molecule has 6 heteroatoms. The lowest BCUT2D eigenvalue weighted by Crippen LogP contribution is -2.20. The van der Waals surface area contributed by atoms with Gasteiger partial charge in [0.1, 0.15) is 5.75 Å². The first-order valence-electron chi connectivity index (χ1n) is 8.26. The van der Waals surface area contributed by atoms with Crippen molar-refractivity contribution in [3.63, 3.8) is 0 Å². The summed E-state index contributed by atoms with van der Waals surface area (Å²) in [7, 11) is 0. The number of rotatable bonds is 5. The molecule has 0 atom stereocenters. The summed E-state index contributed by atoms with van der Waals surface area (Å²) in [4.78, 5) is 17.5. The highest BCUT2D eigenvalue weighted by Gasteiger charge is 2.09. The van der Waals surface area contributed by atoms with Crippen LogP contribution in [0.3, 0.4) is 0 Å². The molecule has 0 unspecified atom stereocenters. The maximum Gasteiger partial charge on any atom is 0.262 e. The molecule has 0 aliphatic rings. The van der Waals surface area contributed by atoms with E-state index in [1.807, 2.05) is 63.2 Å². The van der Waals surface area contributed by atoms with E-state index in [0.717, 1.165) is 32.9 Å². The first kappa shape index (κ1) is 17.9. The normalized spacial score (nSPS) is 10.6. The number of carbonyl (C=O) groups is 1. The molecule has 0 saturated carbocycles. The van der Waals surface area contributed by atoms with Crippen molar-refractivity contribution >= 4 is 28.1 Å². The molecular weight excluding hydrogens is 346 g/mol. The van der Waals surface area contributed by atoms with Crippen molar-refractivity contribution in [1.82, 2.24) is 4.98 Å². The standard InChI is InChI=1S/C20H21N3O2S/c1-12-5-4-6-17(13(12)2)22-18(24)11-25-16-9-7-15(8-10-16)19-14(3)26-20(21)23-19/h4-10H,11H2,1-3H3,(H2,21,23)(H,22,24). The summed E-state index contributed by atoms with van der Waals surface area (Å²) in [6.45, 7) is 5.94. The zero-order valence-electron chi connectivity index (χ0n) is 15.0. The van der Waals surface area contributed by atoms with E-state index in [-0.39, 0.29) is 12.5 Å². The molecule has 0 spiro atoms. The van der Waals surface area contributed by atoms with Gasteiger partial charge in [-0.2, -0.15) is 0 Å². The fraction of sp³-hybridized carbons (Fsp3) is 0.200. The van der Waals surface area contributed by atoms with Crippen molar-refractivity contribution < 1.29 is 9.53 Å². The Labute approximate surface area is 156 Å². The molecule has 0 bridgehead atoms. The third-order valence-electron chi connectivity index (χ3n) is 4.19. The summed E-state index contributed by atoms with van der Waals surface area (Å²) in [6.07, 6.45) is 0. The second kappa shape index (κ2) is 7.58. The fourth-order valence-corrected chi connectivity index (χ4v) is 3.33. The van der Waals surface area contributed by atoms with E-state index in [2.05, 4.69) is 10.3 Å². The molecule has 0 aliphatic heterocycles. The molecule has 3 N–H and O–H groups in total. The third-order valence-corrected chi connectivity index (χ3v) is 4.99. The number of nitrogens with zero attached hydrogens (tertiary/aromatic N) is 1. The Kier molecular flexibility index (Phi) is 5.23. The highest BCUT2D eigenvalue weighted by atomic mass is 32.1. The number of nitrogens with two attached hydrogens (primary N) is 1. The number of nitrogens with one attached hydrogen (secondary N) is 1. The predicted octanol–water partition coefficient (Wildman–Crippen LogP) is 4.34. The number of amides is 1. The Morgan fingerprint density at radius 3 is 2.54 bits per heavy atom. The van der Waals surface area contributed by atoms with Crippen LogP contribution in [-0.2, 0) is 4.79 Å². The minimum Gasteiger partial charge on any atom is -0.484 e. The fourth-order valence-electron chi connectivity index (χ4n) is 2.62. The Bertz CT molecular complexity index is 933. The Hall–Kier alpha value is -2.86. The van der Waals surface area contributed by atoms with Crippen molar-refractivity contribution in [3.8, 4) is 17.0 Å². The largest absolute Gasteiger partial charge is 0.484 e. The molecular formula is C20H21N3O2S. The van der Waals surface area contributed by atoms with Crippen molar-refractivity contribution in [1.29, 1.82) is 0 Å². The van der Waals surface area contributed by atoms with Crippen LogP contribution < -0.4 is 15.8 Å². The Balaban J connectivity index is 1.60. The van der Waals surface area contributed by atoms with Gasteiger partial charge in [0.05, 0.1) is 5.69 Å². The zero-order valence-corrected chi connectivity index (χ0v) is 15.8. The van der Waals surface area contributed by atoms with Crippen LogP contribution in [0.4, 0.5) is 10.8 Å². The molecule has 3 rings (SSSR count). The lowest BCUT2D eigenvalue weighted by atomic mass is 10.1. The number of hydrogen-bond donors (Lipinski definition) is 2. The van der Waals surface area contributed by atoms with E-state index in [0.29, 0.717) is 10.9 Å². The second-order valence-electron chi connectivity index (χ2n) is 6.07. The summed E-state index contributed by atoms with van der Waals surface area (Å²) < 4.78 is 5.58.